The Morgan fingerprint density at radius 2 is 1.85 bits per heavy atom. The lowest BCUT2D eigenvalue weighted by Crippen LogP contribution is -2.28. The Labute approximate surface area is 220 Å². The minimum atomic E-state index is -0.518. The first-order chi connectivity index (χ1) is 19.0. The molecule has 4 aromatic heterocycles. The largest absolute Gasteiger partial charge is 0.335 e. The molecule has 192 valence electrons. The van der Waals surface area contributed by atoms with E-state index in [9.17, 15) is 9.18 Å². The maximum Gasteiger partial charge on any atom is 0.227 e. The number of fused-ring (bicyclic) bond motifs is 2. The number of amides is 1. The number of aromatic nitrogens is 6. The lowest BCUT2D eigenvalue weighted by atomic mass is 9.85. The standard InChI is InChI=1S/C29H21F2N7O/c30-22-7-2-1-6-19(22)20-8-9-33-27-25(20)35-28(36-27)26-21-11-16(12-23(31)24(21)37-38-26)17-10-18(14-32-13-17)34-29(39)15-4-3-5-15/h1-2,6-15H,3-5H2,(H,34,39)(H,37,38)(H,33,35,36). The van der Waals surface area contributed by atoms with Crippen molar-refractivity contribution in [2.75, 3.05) is 5.32 Å². The van der Waals surface area contributed by atoms with Gasteiger partial charge in [-0.1, -0.05) is 24.6 Å². The number of nitrogens with one attached hydrogen (secondary N) is 3. The van der Waals surface area contributed by atoms with Crippen LogP contribution in [0.3, 0.4) is 0 Å². The zero-order chi connectivity index (χ0) is 26.5. The van der Waals surface area contributed by atoms with Gasteiger partial charge in [-0.3, -0.25) is 14.9 Å². The van der Waals surface area contributed by atoms with E-state index in [1.807, 2.05) is 0 Å². The van der Waals surface area contributed by atoms with Crippen LogP contribution in [-0.4, -0.2) is 36.0 Å². The molecule has 0 aliphatic heterocycles. The topological polar surface area (TPSA) is 112 Å². The van der Waals surface area contributed by atoms with Crippen LogP contribution in [0.4, 0.5) is 14.5 Å². The first-order valence-corrected chi connectivity index (χ1v) is 12.6. The molecular formula is C29H21F2N7O. The van der Waals surface area contributed by atoms with Crippen LogP contribution in [0.5, 0.6) is 0 Å². The molecule has 0 bridgehead atoms. The van der Waals surface area contributed by atoms with Crippen molar-refractivity contribution in [2.45, 2.75) is 19.3 Å². The predicted octanol–water partition coefficient (Wildman–Crippen LogP) is 6.25. The molecule has 6 aromatic rings. The first kappa shape index (κ1) is 23.2. The third-order valence-corrected chi connectivity index (χ3v) is 7.22. The van der Waals surface area contributed by atoms with Crippen LogP contribution in [-0.2, 0) is 4.79 Å². The van der Waals surface area contributed by atoms with Gasteiger partial charge in [0.25, 0.3) is 0 Å². The Kier molecular flexibility index (Phi) is 5.39. The van der Waals surface area contributed by atoms with Gasteiger partial charge < -0.3 is 10.3 Å². The summed E-state index contributed by atoms with van der Waals surface area (Å²) >= 11 is 0. The lowest BCUT2D eigenvalue weighted by Gasteiger charge is -2.24. The van der Waals surface area contributed by atoms with E-state index in [4.69, 9.17) is 0 Å². The maximum atomic E-state index is 15.2. The number of hydrogen-bond donors (Lipinski definition) is 3. The van der Waals surface area contributed by atoms with Gasteiger partial charge >= 0.3 is 0 Å². The summed E-state index contributed by atoms with van der Waals surface area (Å²) in [7, 11) is 0. The van der Waals surface area contributed by atoms with Gasteiger partial charge in [0.05, 0.1) is 17.4 Å². The molecule has 1 aliphatic carbocycles. The number of H-pyrrole nitrogens is 2. The number of aromatic amines is 2. The third-order valence-electron chi connectivity index (χ3n) is 7.22. The van der Waals surface area contributed by atoms with Crippen LogP contribution in [0.1, 0.15) is 19.3 Å². The van der Waals surface area contributed by atoms with E-state index in [1.165, 1.54) is 12.1 Å². The number of carbonyl (C=O) groups is 1. The Morgan fingerprint density at radius 3 is 2.67 bits per heavy atom. The van der Waals surface area contributed by atoms with Crippen molar-refractivity contribution >= 4 is 33.7 Å². The van der Waals surface area contributed by atoms with E-state index < -0.39 is 5.82 Å². The quantitative estimate of drug-likeness (QED) is 0.248. The number of halogens is 2. The van der Waals surface area contributed by atoms with Crippen molar-refractivity contribution in [1.82, 2.24) is 30.1 Å². The molecule has 0 atom stereocenters. The average Bonchev–Trinajstić information content (AvgIpc) is 3.52. The fourth-order valence-corrected chi connectivity index (χ4v) is 4.94. The molecule has 4 heterocycles. The van der Waals surface area contributed by atoms with Crippen LogP contribution in [0.2, 0.25) is 0 Å². The highest BCUT2D eigenvalue weighted by Crippen LogP contribution is 2.35. The fourth-order valence-electron chi connectivity index (χ4n) is 4.94. The second-order valence-corrected chi connectivity index (χ2v) is 9.65. The number of pyridine rings is 2. The van der Waals surface area contributed by atoms with Gasteiger partial charge in [-0.2, -0.15) is 5.10 Å². The van der Waals surface area contributed by atoms with Crippen LogP contribution >= 0.6 is 0 Å². The normalized spacial score (nSPS) is 13.6. The summed E-state index contributed by atoms with van der Waals surface area (Å²) in [4.78, 5) is 28.8. The van der Waals surface area contributed by atoms with Crippen molar-refractivity contribution in [3.8, 4) is 33.8 Å². The Morgan fingerprint density at radius 1 is 0.974 bits per heavy atom. The van der Waals surface area contributed by atoms with E-state index in [2.05, 4.69) is 35.5 Å². The van der Waals surface area contributed by atoms with Crippen LogP contribution in [0, 0.1) is 17.6 Å². The second-order valence-electron chi connectivity index (χ2n) is 9.65. The van der Waals surface area contributed by atoms with Crippen molar-refractivity contribution in [1.29, 1.82) is 0 Å². The minimum Gasteiger partial charge on any atom is -0.335 e. The van der Waals surface area contributed by atoms with E-state index >= 15 is 4.39 Å². The molecule has 7 rings (SSSR count). The van der Waals surface area contributed by atoms with Crippen molar-refractivity contribution < 1.29 is 13.6 Å². The zero-order valence-corrected chi connectivity index (χ0v) is 20.5. The summed E-state index contributed by atoms with van der Waals surface area (Å²) in [6, 6.07) is 13.2. The maximum absolute atomic E-state index is 15.2. The smallest absolute Gasteiger partial charge is 0.227 e. The van der Waals surface area contributed by atoms with Crippen molar-refractivity contribution in [3.05, 3.63) is 78.8 Å². The van der Waals surface area contributed by atoms with Gasteiger partial charge in [0.1, 0.15) is 17.0 Å². The summed E-state index contributed by atoms with van der Waals surface area (Å²) in [5.41, 5.74) is 4.35. The minimum absolute atomic E-state index is 0.0211. The van der Waals surface area contributed by atoms with Gasteiger partial charge in [-0.05, 0) is 48.7 Å². The molecule has 1 saturated carbocycles. The van der Waals surface area contributed by atoms with E-state index in [0.29, 0.717) is 56.0 Å². The molecule has 0 unspecified atom stereocenters. The highest BCUT2D eigenvalue weighted by atomic mass is 19.1. The Bertz CT molecular complexity index is 1890. The molecule has 0 saturated heterocycles. The summed E-state index contributed by atoms with van der Waals surface area (Å²) in [6.45, 7) is 0. The Balaban J connectivity index is 1.30. The van der Waals surface area contributed by atoms with Gasteiger partial charge in [0.15, 0.2) is 17.3 Å². The van der Waals surface area contributed by atoms with Gasteiger partial charge in [0.2, 0.25) is 5.91 Å². The summed E-state index contributed by atoms with van der Waals surface area (Å²) < 4.78 is 29.8. The summed E-state index contributed by atoms with van der Waals surface area (Å²) in [5.74, 6) is -0.477. The predicted molar refractivity (Wildman–Crippen MR) is 144 cm³/mol. The molecule has 10 heteroatoms. The van der Waals surface area contributed by atoms with Gasteiger partial charge in [-0.15, -0.1) is 0 Å². The van der Waals surface area contributed by atoms with Crippen LogP contribution in [0.25, 0.3) is 55.8 Å². The summed E-state index contributed by atoms with van der Waals surface area (Å²) in [5, 5.41) is 10.5. The van der Waals surface area contributed by atoms with Gasteiger partial charge in [0, 0.05) is 40.4 Å². The Hall–Kier alpha value is -4.99. The molecule has 3 N–H and O–H groups in total. The van der Waals surface area contributed by atoms with Crippen molar-refractivity contribution in [3.63, 3.8) is 0 Å². The van der Waals surface area contributed by atoms with E-state index in [0.717, 1.165) is 19.3 Å². The summed E-state index contributed by atoms with van der Waals surface area (Å²) in [6.07, 6.45) is 7.61. The van der Waals surface area contributed by atoms with Crippen LogP contribution < -0.4 is 5.32 Å². The highest BCUT2D eigenvalue weighted by Gasteiger charge is 2.25. The molecule has 8 nitrogen and oxygen atoms in total. The monoisotopic (exact) mass is 521 g/mol. The molecule has 39 heavy (non-hydrogen) atoms. The van der Waals surface area contributed by atoms with Gasteiger partial charge in [-0.25, -0.2) is 18.7 Å². The average molecular weight is 522 g/mol. The highest BCUT2D eigenvalue weighted by molar-refractivity contribution is 5.98. The van der Waals surface area contributed by atoms with Crippen molar-refractivity contribution in [2.24, 2.45) is 5.92 Å². The molecule has 1 aliphatic rings. The second kappa shape index (κ2) is 9.09. The zero-order valence-electron chi connectivity index (χ0n) is 20.5. The first-order valence-electron chi connectivity index (χ1n) is 12.6. The number of rotatable bonds is 5. The van der Waals surface area contributed by atoms with E-state index in [-0.39, 0.29) is 23.2 Å². The third kappa shape index (κ3) is 4.01. The number of hydrogen-bond acceptors (Lipinski definition) is 5. The molecule has 1 amide bonds. The number of anilines is 1. The molecule has 2 aromatic carbocycles. The van der Waals surface area contributed by atoms with Crippen LogP contribution in [0.15, 0.2) is 67.1 Å². The SMILES string of the molecule is O=C(Nc1cncc(-c2cc(F)c3n[nH]c(-c4nc5nccc(-c6ccccc6F)c5[nH]4)c3c2)c1)C1CCC1. The van der Waals surface area contributed by atoms with E-state index in [1.54, 1.807) is 55.0 Å². The lowest BCUT2D eigenvalue weighted by molar-refractivity contribution is -0.122. The molecule has 0 spiro atoms. The molecule has 0 radical (unpaired) electrons. The molecular weight excluding hydrogens is 500 g/mol. The number of carbonyl (C=O) groups excluding carboxylic acids is 1. The molecule has 1 fully saturated rings. The number of nitrogens with zero attached hydrogens (tertiary/aromatic N) is 4. The number of imidazole rings is 1. The number of benzene rings is 2. The fraction of sp³-hybridized carbons (Fsp3) is 0.138.